The number of alkyl halides is 2. The van der Waals surface area contributed by atoms with E-state index in [1.807, 2.05) is 0 Å². The Morgan fingerprint density at radius 3 is 2.39 bits per heavy atom. The van der Waals surface area contributed by atoms with Crippen molar-refractivity contribution in [2.24, 2.45) is 0 Å². The van der Waals surface area contributed by atoms with E-state index in [0.29, 0.717) is 34.3 Å². The summed E-state index contributed by atoms with van der Waals surface area (Å²) in [6.45, 7) is 5.45. The highest BCUT2D eigenvalue weighted by Gasteiger charge is 2.29. The Morgan fingerprint density at radius 1 is 1.03 bits per heavy atom. The van der Waals surface area contributed by atoms with Gasteiger partial charge in [-0.2, -0.15) is 13.8 Å². The number of carbonyl (C=O) groups excluding carboxylic acids is 1. The lowest BCUT2D eigenvalue weighted by molar-refractivity contribution is -0.114. The van der Waals surface area contributed by atoms with Gasteiger partial charge in [-0.15, -0.1) is 0 Å². The summed E-state index contributed by atoms with van der Waals surface area (Å²) in [7, 11) is 1.49. The van der Waals surface area contributed by atoms with Gasteiger partial charge in [0.1, 0.15) is 11.6 Å². The topological polar surface area (TPSA) is 115 Å². The number of ether oxygens (including phenoxy) is 1. The van der Waals surface area contributed by atoms with Gasteiger partial charge >= 0.3 is 5.92 Å². The zero-order valence-corrected chi connectivity index (χ0v) is 17.6. The number of methoxy groups -OCH3 is 1. The third kappa shape index (κ3) is 5.44. The minimum atomic E-state index is -3.21. The van der Waals surface area contributed by atoms with E-state index in [1.54, 1.807) is 19.9 Å². The fraction of sp³-hybridized carbons (Fsp3) is 0.300. The van der Waals surface area contributed by atoms with Crippen LogP contribution in [0.15, 0.2) is 24.4 Å². The van der Waals surface area contributed by atoms with E-state index in [-0.39, 0.29) is 17.5 Å². The van der Waals surface area contributed by atoms with E-state index in [2.05, 4.69) is 35.6 Å². The van der Waals surface area contributed by atoms with Gasteiger partial charge in [0.05, 0.1) is 18.4 Å². The number of pyridine rings is 1. The Balaban J connectivity index is 2.12. The number of nitrogens with zero attached hydrogens (tertiary/aromatic N) is 5. The quantitative estimate of drug-likeness (QED) is 0.609. The maximum Gasteiger partial charge on any atom is 0.303 e. The number of aryl methyl sites for hydroxylation is 2. The molecule has 0 atom stereocenters. The monoisotopic (exact) mass is 429 g/mol. The van der Waals surface area contributed by atoms with Crippen LogP contribution >= 0.6 is 0 Å². The number of anilines is 3. The fourth-order valence-electron chi connectivity index (χ4n) is 2.72. The van der Waals surface area contributed by atoms with Crippen LogP contribution in [0.5, 0.6) is 5.88 Å². The summed E-state index contributed by atoms with van der Waals surface area (Å²) in [5.41, 5.74) is 1.87. The maximum atomic E-state index is 13.8. The molecule has 1 amide bonds. The number of rotatable bonds is 6. The van der Waals surface area contributed by atoms with Crippen LogP contribution in [0.3, 0.4) is 0 Å². The number of nitrogens with one attached hydrogen (secondary N) is 2. The second-order valence-electron chi connectivity index (χ2n) is 6.90. The molecule has 3 heterocycles. The van der Waals surface area contributed by atoms with Crippen molar-refractivity contribution >= 4 is 23.2 Å². The first-order valence-electron chi connectivity index (χ1n) is 9.24. The molecule has 0 aromatic carbocycles. The molecule has 0 unspecified atom stereocenters. The third-order valence-corrected chi connectivity index (χ3v) is 4.00. The molecule has 9 nitrogen and oxygen atoms in total. The van der Waals surface area contributed by atoms with Gasteiger partial charge in [0.25, 0.3) is 0 Å². The van der Waals surface area contributed by atoms with E-state index in [0.717, 1.165) is 6.92 Å². The summed E-state index contributed by atoms with van der Waals surface area (Å²) in [5.74, 6) is -3.09. The van der Waals surface area contributed by atoms with Crippen molar-refractivity contribution < 1.29 is 18.3 Å². The highest BCUT2D eigenvalue weighted by Crippen LogP contribution is 2.32. The van der Waals surface area contributed by atoms with Crippen molar-refractivity contribution in [1.82, 2.24) is 24.9 Å². The summed E-state index contributed by atoms with van der Waals surface area (Å²) in [4.78, 5) is 32.1. The molecule has 3 rings (SSSR count). The third-order valence-electron chi connectivity index (χ3n) is 4.00. The molecule has 11 heteroatoms. The van der Waals surface area contributed by atoms with Crippen molar-refractivity contribution in [3.63, 3.8) is 0 Å². The largest absolute Gasteiger partial charge is 0.481 e. The number of hydrogen-bond acceptors (Lipinski definition) is 8. The lowest BCUT2D eigenvalue weighted by Gasteiger charge is -2.15. The molecule has 0 aliphatic heterocycles. The SMILES string of the molecule is COc1cc(C)nc(-c2cnc(NC(C)=O)cc2Nc2cc(C)nc(C(C)(F)F)n2)n1. The fourth-order valence-corrected chi connectivity index (χ4v) is 2.72. The zero-order chi connectivity index (χ0) is 22.8. The van der Waals surface area contributed by atoms with Crippen LogP contribution in [0, 0.1) is 13.8 Å². The molecule has 31 heavy (non-hydrogen) atoms. The van der Waals surface area contributed by atoms with Crippen LogP contribution in [0.25, 0.3) is 11.4 Å². The first-order chi connectivity index (χ1) is 14.5. The van der Waals surface area contributed by atoms with Crippen LogP contribution in [0.2, 0.25) is 0 Å². The number of carbonyl (C=O) groups is 1. The normalized spacial score (nSPS) is 11.2. The molecule has 0 spiro atoms. The number of amides is 1. The van der Waals surface area contributed by atoms with Gasteiger partial charge in [0.15, 0.2) is 5.82 Å². The zero-order valence-electron chi connectivity index (χ0n) is 17.6. The van der Waals surface area contributed by atoms with E-state index in [4.69, 9.17) is 4.74 Å². The van der Waals surface area contributed by atoms with E-state index >= 15 is 0 Å². The highest BCUT2D eigenvalue weighted by atomic mass is 19.3. The first kappa shape index (κ1) is 21.9. The minimum absolute atomic E-state index is 0.143. The number of halogens is 2. The van der Waals surface area contributed by atoms with Crippen molar-refractivity contribution in [2.45, 2.75) is 33.6 Å². The van der Waals surface area contributed by atoms with Crippen LogP contribution in [-0.2, 0) is 10.7 Å². The van der Waals surface area contributed by atoms with Gasteiger partial charge < -0.3 is 15.4 Å². The van der Waals surface area contributed by atoms with Crippen LogP contribution < -0.4 is 15.4 Å². The van der Waals surface area contributed by atoms with Crippen LogP contribution in [0.1, 0.15) is 31.1 Å². The first-order valence-corrected chi connectivity index (χ1v) is 9.24. The van der Waals surface area contributed by atoms with Crippen molar-refractivity contribution in [1.29, 1.82) is 0 Å². The molecule has 2 N–H and O–H groups in total. The van der Waals surface area contributed by atoms with Gasteiger partial charge in [0.2, 0.25) is 17.6 Å². The van der Waals surface area contributed by atoms with E-state index < -0.39 is 11.7 Å². The Bertz CT molecular complexity index is 1130. The van der Waals surface area contributed by atoms with Crippen molar-refractivity contribution in [2.75, 3.05) is 17.7 Å². The summed E-state index contributed by atoms with van der Waals surface area (Å²) >= 11 is 0. The lowest BCUT2D eigenvalue weighted by atomic mass is 10.2. The smallest absolute Gasteiger partial charge is 0.303 e. The molecule has 162 valence electrons. The van der Waals surface area contributed by atoms with Gasteiger partial charge in [0, 0.05) is 49.6 Å². The Labute approximate surface area is 177 Å². The summed E-state index contributed by atoms with van der Waals surface area (Å²) in [6, 6.07) is 4.73. The minimum Gasteiger partial charge on any atom is -0.481 e. The lowest BCUT2D eigenvalue weighted by Crippen LogP contribution is -2.14. The van der Waals surface area contributed by atoms with Gasteiger partial charge in [-0.25, -0.2) is 19.9 Å². The molecular formula is C20H21F2N7O2. The van der Waals surface area contributed by atoms with Crippen molar-refractivity contribution in [3.8, 4) is 17.3 Å². The Hall–Kier alpha value is -3.76. The molecule has 3 aromatic heterocycles. The van der Waals surface area contributed by atoms with E-state index in [1.165, 1.54) is 32.4 Å². The van der Waals surface area contributed by atoms with Gasteiger partial charge in [-0.1, -0.05) is 0 Å². The van der Waals surface area contributed by atoms with Crippen LogP contribution in [0.4, 0.5) is 26.1 Å². The molecule has 0 aliphatic carbocycles. The summed E-state index contributed by atoms with van der Waals surface area (Å²) < 4.78 is 32.8. The molecule has 3 aromatic rings. The average molecular weight is 429 g/mol. The predicted octanol–water partition coefficient (Wildman–Crippen LogP) is 3.77. The van der Waals surface area contributed by atoms with Gasteiger partial charge in [-0.3, -0.25) is 4.79 Å². The summed E-state index contributed by atoms with van der Waals surface area (Å²) in [5, 5.41) is 5.58. The van der Waals surface area contributed by atoms with Crippen molar-refractivity contribution in [3.05, 3.63) is 41.6 Å². The summed E-state index contributed by atoms with van der Waals surface area (Å²) in [6.07, 6.45) is 1.46. The average Bonchev–Trinajstić information content (AvgIpc) is 2.66. The van der Waals surface area contributed by atoms with Crippen LogP contribution in [-0.4, -0.2) is 37.9 Å². The molecular weight excluding hydrogens is 408 g/mol. The second kappa shape index (κ2) is 8.54. The Morgan fingerprint density at radius 2 is 1.74 bits per heavy atom. The van der Waals surface area contributed by atoms with E-state index in [9.17, 15) is 13.6 Å². The molecule has 0 saturated heterocycles. The highest BCUT2D eigenvalue weighted by molar-refractivity contribution is 5.89. The Kier molecular flexibility index (Phi) is 6.04. The predicted molar refractivity (Wildman–Crippen MR) is 110 cm³/mol. The maximum absolute atomic E-state index is 13.8. The second-order valence-corrected chi connectivity index (χ2v) is 6.90. The number of aromatic nitrogens is 5. The molecule has 0 radical (unpaired) electrons. The standard InChI is InChI=1S/C20H21F2N7O2/c1-10-6-16(28-19(25-10)20(4,21)22)27-14-8-15(26-12(3)30)23-9-13(14)18-24-11(2)7-17(29-18)31-5/h6-9H,1-5H3,(H2,23,25,26,27,28,30). The molecule has 0 aliphatic rings. The van der Waals surface area contributed by atoms with Gasteiger partial charge in [-0.05, 0) is 13.8 Å². The molecule has 0 fully saturated rings. The molecule has 0 bridgehead atoms. The number of hydrogen-bond donors (Lipinski definition) is 2. The molecule has 0 saturated carbocycles.